The largest absolute Gasteiger partial charge is 0.309 e. The molecular weight excluding hydrogens is 665 g/mol. The molecule has 0 fully saturated rings. The molecule has 0 aliphatic rings. The van der Waals surface area contributed by atoms with Gasteiger partial charge in [-0.15, -0.1) is 0 Å². The van der Waals surface area contributed by atoms with Gasteiger partial charge < -0.3 is 4.90 Å². The molecule has 8 aromatic carbocycles. The van der Waals surface area contributed by atoms with E-state index in [-0.39, 0.29) is 16.2 Å². The lowest BCUT2D eigenvalue weighted by Crippen LogP contribution is -2.32. The molecule has 55 heavy (non-hydrogen) atoms. The minimum absolute atomic E-state index is 0.0611. The van der Waals surface area contributed by atoms with Gasteiger partial charge in [0.25, 0.3) is 0 Å². The Kier molecular flexibility index (Phi) is 7.89. The van der Waals surface area contributed by atoms with Gasteiger partial charge >= 0.3 is 0 Å². The van der Waals surface area contributed by atoms with Crippen LogP contribution in [0.3, 0.4) is 0 Å². The molecular formula is C53H51N2+. The highest BCUT2D eigenvalue weighted by Gasteiger charge is 2.28. The van der Waals surface area contributed by atoms with Crippen LogP contribution in [0, 0.1) is 0 Å². The summed E-state index contributed by atoms with van der Waals surface area (Å²) in [5, 5.41) is 11.4. The van der Waals surface area contributed by atoms with Crippen LogP contribution >= 0.6 is 0 Å². The standard InChI is InChI=1S/C53H51N2/c1-51(2,3)37-21-25-40(26-22-37)55(41-27-23-38(24-28-41)52(4,5)6)50-44-16-12-10-14-42(44)49(43-15-11-13-17-45(43)50)54-31-30-34-18-19-35-32-39(53(7,8)9)33-36-20-29-46(54)48(34)47(35)36/h10-33H,1-9H3/q+1. The van der Waals surface area contributed by atoms with Crippen molar-refractivity contribution in [3.8, 4) is 5.69 Å². The Hall–Kier alpha value is -5.73. The number of hydrogen-bond donors (Lipinski definition) is 0. The molecule has 0 atom stereocenters. The summed E-state index contributed by atoms with van der Waals surface area (Å²) in [6, 6.07) is 52.8. The number of nitrogens with zero attached hydrogens (tertiary/aromatic N) is 2. The summed E-state index contributed by atoms with van der Waals surface area (Å²) in [4.78, 5) is 2.48. The number of pyridine rings is 1. The van der Waals surface area contributed by atoms with E-state index >= 15 is 0 Å². The van der Waals surface area contributed by atoms with Gasteiger partial charge in [0, 0.05) is 39.7 Å². The molecule has 0 aliphatic carbocycles. The molecule has 0 spiro atoms. The van der Waals surface area contributed by atoms with Gasteiger partial charge in [-0.25, -0.2) is 0 Å². The predicted octanol–water partition coefficient (Wildman–Crippen LogP) is 14.5. The van der Waals surface area contributed by atoms with Crippen LogP contribution in [0.4, 0.5) is 17.1 Å². The second kappa shape index (κ2) is 12.4. The van der Waals surface area contributed by atoms with Gasteiger partial charge in [0.2, 0.25) is 11.2 Å². The van der Waals surface area contributed by atoms with E-state index in [1.165, 1.54) is 82.1 Å². The van der Waals surface area contributed by atoms with Crippen molar-refractivity contribution in [1.29, 1.82) is 0 Å². The lowest BCUT2D eigenvalue weighted by molar-refractivity contribution is -0.563. The molecule has 0 bridgehead atoms. The van der Waals surface area contributed by atoms with Crippen LogP contribution in [0.15, 0.2) is 146 Å². The Morgan fingerprint density at radius 3 is 1.31 bits per heavy atom. The van der Waals surface area contributed by atoms with E-state index in [0.717, 1.165) is 11.4 Å². The Morgan fingerprint density at radius 1 is 0.400 bits per heavy atom. The molecule has 272 valence electrons. The first-order chi connectivity index (χ1) is 26.2. The monoisotopic (exact) mass is 715 g/mol. The number of fused-ring (bicyclic) bond motifs is 2. The Bertz CT molecular complexity index is 2760. The van der Waals surface area contributed by atoms with Crippen molar-refractivity contribution in [3.63, 3.8) is 0 Å². The summed E-state index contributed by atoms with van der Waals surface area (Å²) in [6.45, 7) is 20.6. The molecule has 9 aromatic rings. The van der Waals surface area contributed by atoms with Crippen LogP contribution in [0.25, 0.3) is 59.7 Å². The lowest BCUT2D eigenvalue weighted by atomic mass is 9.83. The Morgan fingerprint density at radius 2 is 0.836 bits per heavy atom. The zero-order chi connectivity index (χ0) is 38.4. The first-order valence-corrected chi connectivity index (χ1v) is 19.8. The van der Waals surface area contributed by atoms with Crippen molar-refractivity contribution >= 4 is 71.1 Å². The number of hydrogen-bond acceptors (Lipinski definition) is 1. The summed E-state index contributed by atoms with van der Waals surface area (Å²) in [7, 11) is 0. The molecule has 0 amide bonds. The third-order valence-corrected chi connectivity index (χ3v) is 11.7. The Balaban J connectivity index is 1.35. The average molecular weight is 716 g/mol. The number of benzene rings is 8. The highest BCUT2D eigenvalue weighted by molar-refractivity contribution is 6.22. The van der Waals surface area contributed by atoms with Crippen LogP contribution in [0.5, 0.6) is 0 Å². The van der Waals surface area contributed by atoms with Crippen LogP contribution in [0.2, 0.25) is 0 Å². The van der Waals surface area contributed by atoms with Gasteiger partial charge in [-0.2, -0.15) is 4.57 Å². The van der Waals surface area contributed by atoms with Crippen molar-refractivity contribution in [2.45, 2.75) is 78.6 Å². The maximum atomic E-state index is 2.48. The molecule has 0 unspecified atom stereocenters. The molecule has 2 heteroatoms. The van der Waals surface area contributed by atoms with Gasteiger partial charge in [-0.3, -0.25) is 0 Å². The molecule has 0 aliphatic heterocycles. The zero-order valence-electron chi connectivity index (χ0n) is 33.8. The first-order valence-electron chi connectivity index (χ1n) is 19.8. The highest BCUT2D eigenvalue weighted by Crippen LogP contribution is 2.47. The summed E-state index contributed by atoms with van der Waals surface area (Å²) >= 11 is 0. The van der Waals surface area contributed by atoms with Crippen molar-refractivity contribution in [1.82, 2.24) is 0 Å². The third-order valence-electron chi connectivity index (χ3n) is 11.7. The third kappa shape index (κ3) is 5.82. The fourth-order valence-corrected chi connectivity index (χ4v) is 8.59. The van der Waals surface area contributed by atoms with Crippen LogP contribution in [0.1, 0.15) is 79.0 Å². The quantitative estimate of drug-likeness (QED) is 0.1000. The van der Waals surface area contributed by atoms with Gasteiger partial charge in [0.1, 0.15) is 0 Å². The smallest absolute Gasteiger partial charge is 0.227 e. The topological polar surface area (TPSA) is 7.12 Å². The van der Waals surface area contributed by atoms with Crippen molar-refractivity contribution < 1.29 is 4.57 Å². The molecule has 2 nitrogen and oxygen atoms in total. The van der Waals surface area contributed by atoms with Crippen molar-refractivity contribution in [2.24, 2.45) is 0 Å². The number of rotatable bonds is 4. The molecule has 0 saturated heterocycles. The number of anilines is 3. The minimum Gasteiger partial charge on any atom is -0.309 e. The Labute approximate surface area is 326 Å². The maximum absolute atomic E-state index is 2.48. The van der Waals surface area contributed by atoms with E-state index in [9.17, 15) is 0 Å². The summed E-state index contributed by atoms with van der Waals surface area (Å²) in [5.41, 5.74) is 10.1. The molecule has 9 rings (SSSR count). The summed E-state index contributed by atoms with van der Waals surface area (Å²) in [5.74, 6) is 0. The van der Waals surface area contributed by atoms with E-state index < -0.39 is 0 Å². The van der Waals surface area contributed by atoms with Gasteiger partial charge in [-0.1, -0.05) is 147 Å². The fraction of sp³-hybridized carbons (Fsp3) is 0.226. The summed E-state index contributed by atoms with van der Waals surface area (Å²) in [6.07, 6.45) is 2.28. The van der Waals surface area contributed by atoms with E-state index in [4.69, 9.17) is 0 Å². The lowest BCUT2D eigenvalue weighted by Gasteiger charge is -2.30. The highest BCUT2D eigenvalue weighted by atomic mass is 15.1. The van der Waals surface area contributed by atoms with Crippen LogP contribution in [-0.2, 0) is 16.2 Å². The van der Waals surface area contributed by atoms with E-state index in [0.29, 0.717) is 0 Å². The fourth-order valence-electron chi connectivity index (χ4n) is 8.59. The van der Waals surface area contributed by atoms with Crippen LogP contribution < -0.4 is 9.47 Å². The van der Waals surface area contributed by atoms with Gasteiger partial charge in [0.05, 0.1) is 21.8 Å². The average Bonchev–Trinajstić information content (AvgIpc) is 3.16. The predicted molar refractivity (Wildman–Crippen MR) is 237 cm³/mol. The van der Waals surface area contributed by atoms with E-state index in [2.05, 4.69) is 218 Å². The van der Waals surface area contributed by atoms with Crippen LogP contribution in [-0.4, -0.2) is 0 Å². The SMILES string of the molecule is CC(C)(C)c1ccc(N(c2ccc(C(C)(C)C)cc2)c2c3ccccc3c(-[n+]3ccc4ccc5cc(C(C)(C)C)cc6ccc3c4c56)c3ccccc23)cc1. The first kappa shape index (κ1) is 35.0. The van der Waals surface area contributed by atoms with E-state index in [1.807, 2.05) is 0 Å². The van der Waals surface area contributed by atoms with Crippen molar-refractivity contribution in [3.05, 3.63) is 162 Å². The molecule has 0 saturated carbocycles. The summed E-state index contributed by atoms with van der Waals surface area (Å²) < 4.78 is 2.45. The van der Waals surface area contributed by atoms with Crippen molar-refractivity contribution in [2.75, 3.05) is 4.90 Å². The number of aromatic nitrogens is 1. The second-order valence-corrected chi connectivity index (χ2v) is 18.6. The van der Waals surface area contributed by atoms with E-state index in [1.54, 1.807) is 0 Å². The minimum atomic E-state index is 0.0611. The zero-order valence-corrected chi connectivity index (χ0v) is 33.8. The molecule has 1 heterocycles. The van der Waals surface area contributed by atoms with Gasteiger partial charge in [-0.05, 0) is 91.6 Å². The maximum Gasteiger partial charge on any atom is 0.227 e. The molecule has 0 N–H and O–H groups in total. The van der Waals surface area contributed by atoms with Gasteiger partial charge in [0.15, 0.2) is 6.20 Å². The second-order valence-electron chi connectivity index (χ2n) is 18.6. The molecule has 0 radical (unpaired) electrons. The molecule has 1 aromatic heterocycles. The normalized spacial score (nSPS) is 12.8.